The van der Waals surface area contributed by atoms with E-state index in [0.717, 1.165) is 19.8 Å². The van der Waals surface area contributed by atoms with Gasteiger partial charge >= 0.3 is 0 Å². The highest BCUT2D eigenvalue weighted by atomic mass is 16.4. The molecule has 0 rings (SSSR count). The molecule has 0 aromatic carbocycles. The van der Waals surface area contributed by atoms with Crippen molar-refractivity contribution in [2.75, 3.05) is 0 Å². The van der Waals surface area contributed by atoms with Crippen LogP contribution in [0.3, 0.4) is 0 Å². The second kappa shape index (κ2) is 11.2. The molecule has 3 nitrogen and oxygen atoms in total. The number of hydrogen-bond acceptors (Lipinski definition) is 2. The molecule has 2 N–H and O–H groups in total. The van der Waals surface area contributed by atoms with E-state index in [-0.39, 0.29) is 6.10 Å². The number of unbranched alkanes of at least 4 members (excludes halogenated alkanes) is 2. The summed E-state index contributed by atoms with van der Waals surface area (Å²) in [5, 5.41) is 16.4. The van der Waals surface area contributed by atoms with Crippen molar-refractivity contribution in [2.24, 2.45) is 0 Å². The van der Waals surface area contributed by atoms with E-state index in [1.807, 2.05) is 0 Å². The highest BCUT2D eigenvalue weighted by Crippen LogP contribution is 2.02. The largest absolute Gasteiger partial charge is 0.481 e. The van der Waals surface area contributed by atoms with Crippen molar-refractivity contribution < 1.29 is 15.0 Å². The van der Waals surface area contributed by atoms with Gasteiger partial charge in [0.2, 0.25) is 0 Å². The second-order valence-corrected chi connectivity index (χ2v) is 2.82. The number of carbonyl (C=O) groups is 1. The van der Waals surface area contributed by atoms with Crippen molar-refractivity contribution in [1.29, 1.82) is 0 Å². The zero-order valence-electron chi connectivity index (χ0n) is 8.49. The van der Waals surface area contributed by atoms with E-state index >= 15 is 0 Å². The zero-order valence-corrected chi connectivity index (χ0v) is 8.49. The van der Waals surface area contributed by atoms with Crippen LogP contribution in [0.1, 0.15) is 39.5 Å². The Morgan fingerprint density at radius 2 is 2.00 bits per heavy atom. The summed E-state index contributed by atoms with van der Waals surface area (Å²) in [6.45, 7) is 6.73. The van der Waals surface area contributed by atoms with Gasteiger partial charge in [-0.25, -0.2) is 0 Å². The van der Waals surface area contributed by atoms with E-state index in [0.29, 0.717) is 0 Å². The van der Waals surface area contributed by atoms with Crippen molar-refractivity contribution in [3.8, 4) is 0 Å². The minimum absolute atomic E-state index is 0.281. The summed E-state index contributed by atoms with van der Waals surface area (Å²) in [6, 6.07) is 0. The number of aliphatic carboxylic acids is 1. The van der Waals surface area contributed by atoms with Crippen LogP contribution in [0.2, 0.25) is 0 Å². The van der Waals surface area contributed by atoms with Gasteiger partial charge in [0.15, 0.2) is 0 Å². The molecule has 78 valence electrons. The first-order chi connectivity index (χ1) is 6.04. The Morgan fingerprint density at radius 1 is 1.54 bits per heavy atom. The van der Waals surface area contributed by atoms with Gasteiger partial charge in [-0.05, 0) is 6.42 Å². The third kappa shape index (κ3) is 24.7. The van der Waals surface area contributed by atoms with Crippen LogP contribution < -0.4 is 0 Å². The van der Waals surface area contributed by atoms with Gasteiger partial charge in [0.05, 0.1) is 6.10 Å². The number of aliphatic hydroxyl groups is 1. The molecular formula is C10H20O3. The van der Waals surface area contributed by atoms with Gasteiger partial charge in [0, 0.05) is 6.92 Å². The third-order valence-electron chi connectivity index (χ3n) is 1.38. The standard InChI is InChI=1S/C8H16O.C2H4O2/c1-3-5-6-7-8(9)4-2;1-2(3)4/h4,8-9H,2-3,5-7H2,1H3;1H3,(H,3,4). The lowest BCUT2D eigenvalue weighted by atomic mass is 10.1. The predicted octanol–water partition coefficient (Wildman–Crippen LogP) is 2.20. The second-order valence-electron chi connectivity index (χ2n) is 2.82. The van der Waals surface area contributed by atoms with E-state index in [1.54, 1.807) is 6.08 Å². The van der Waals surface area contributed by atoms with Crippen LogP contribution in [0, 0.1) is 0 Å². The SMILES string of the molecule is C=CC(O)CCCCC.CC(=O)O. The molecule has 3 heteroatoms. The Balaban J connectivity index is 0. The van der Waals surface area contributed by atoms with E-state index < -0.39 is 5.97 Å². The molecule has 0 aliphatic carbocycles. The van der Waals surface area contributed by atoms with Crippen LogP contribution in [-0.2, 0) is 4.79 Å². The highest BCUT2D eigenvalue weighted by molar-refractivity contribution is 5.62. The average molecular weight is 188 g/mol. The number of aliphatic hydroxyl groups excluding tert-OH is 1. The Hall–Kier alpha value is -0.830. The maximum atomic E-state index is 9.00. The van der Waals surface area contributed by atoms with Crippen LogP contribution in [0.15, 0.2) is 12.7 Å². The molecule has 0 radical (unpaired) electrons. The molecule has 0 heterocycles. The van der Waals surface area contributed by atoms with Crippen LogP contribution in [0.4, 0.5) is 0 Å². The molecule has 0 aromatic heterocycles. The Morgan fingerprint density at radius 3 is 2.31 bits per heavy atom. The molecule has 0 aromatic rings. The molecule has 0 saturated carbocycles. The minimum atomic E-state index is -0.833. The smallest absolute Gasteiger partial charge is 0.300 e. The summed E-state index contributed by atoms with van der Waals surface area (Å²) < 4.78 is 0. The van der Waals surface area contributed by atoms with E-state index in [4.69, 9.17) is 15.0 Å². The van der Waals surface area contributed by atoms with Gasteiger partial charge < -0.3 is 10.2 Å². The van der Waals surface area contributed by atoms with Crippen molar-refractivity contribution >= 4 is 5.97 Å². The molecule has 0 aliphatic rings. The summed E-state index contributed by atoms with van der Waals surface area (Å²) in [5.41, 5.74) is 0. The van der Waals surface area contributed by atoms with Crippen LogP contribution in [0.25, 0.3) is 0 Å². The normalized spacial score (nSPS) is 11.0. The molecule has 0 amide bonds. The Kier molecular flexibility index (Phi) is 12.6. The molecule has 1 unspecified atom stereocenters. The molecule has 0 bridgehead atoms. The van der Waals surface area contributed by atoms with E-state index in [1.165, 1.54) is 12.8 Å². The highest BCUT2D eigenvalue weighted by Gasteiger charge is 1.94. The van der Waals surface area contributed by atoms with Crippen molar-refractivity contribution in [1.82, 2.24) is 0 Å². The van der Waals surface area contributed by atoms with Crippen molar-refractivity contribution in [2.45, 2.75) is 45.6 Å². The van der Waals surface area contributed by atoms with Crippen molar-refractivity contribution in [3.63, 3.8) is 0 Å². The molecule has 13 heavy (non-hydrogen) atoms. The average Bonchev–Trinajstić information content (AvgIpc) is 2.03. The first-order valence-electron chi connectivity index (χ1n) is 4.54. The topological polar surface area (TPSA) is 57.5 Å². The monoisotopic (exact) mass is 188 g/mol. The lowest BCUT2D eigenvalue weighted by Crippen LogP contribution is -1.99. The lowest BCUT2D eigenvalue weighted by molar-refractivity contribution is -0.134. The van der Waals surface area contributed by atoms with Gasteiger partial charge in [0.25, 0.3) is 5.97 Å². The van der Waals surface area contributed by atoms with Gasteiger partial charge in [0.1, 0.15) is 0 Å². The first kappa shape index (κ1) is 14.7. The molecule has 0 saturated heterocycles. The first-order valence-corrected chi connectivity index (χ1v) is 4.54. The Bertz CT molecular complexity index is 128. The summed E-state index contributed by atoms with van der Waals surface area (Å²) in [6.07, 6.45) is 5.72. The summed E-state index contributed by atoms with van der Waals surface area (Å²) in [4.78, 5) is 9.00. The van der Waals surface area contributed by atoms with E-state index in [2.05, 4.69) is 13.5 Å². The number of hydrogen-bond donors (Lipinski definition) is 2. The maximum absolute atomic E-state index is 9.00. The van der Waals surface area contributed by atoms with Crippen molar-refractivity contribution in [3.05, 3.63) is 12.7 Å². The molecule has 0 spiro atoms. The summed E-state index contributed by atoms with van der Waals surface area (Å²) in [7, 11) is 0. The van der Waals surface area contributed by atoms with Gasteiger partial charge in [-0.1, -0.05) is 32.3 Å². The lowest BCUT2D eigenvalue weighted by Gasteiger charge is -2.01. The molecule has 0 aliphatic heterocycles. The van der Waals surface area contributed by atoms with E-state index in [9.17, 15) is 0 Å². The molecular weight excluding hydrogens is 168 g/mol. The minimum Gasteiger partial charge on any atom is -0.481 e. The number of carboxylic acids is 1. The Labute approximate surface area is 80.1 Å². The van der Waals surface area contributed by atoms with Crippen LogP contribution in [0.5, 0.6) is 0 Å². The quantitative estimate of drug-likeness (QED) is 0.513. The zero-order chi connectivity index (χ0) is 10.7. The molecule has 1 atom stereocenters. The van der Waals surface area contributed by atoms with Gasteiger partial charge in [-0.3, -0.25) is 4.79 Å². The van der Waals surface area contributed by atoms with Gasteiger partial charge in [-0.2, -0.15) is 0 Å². The van der Waals surface area contributed by atoms with Crippen LogP contribution in [-0.4, -0.2) is 22.3 Å². The third-order valence-corrected chi connectivity index (χ3v) is 1.38. The fraction of sp³-hybridized carbons (Fsp3) is 0.700. The fourth-order valence-electron chi connectivity index (χ4n) is 0.721. The summed E-state index contributed by atoms with van der Waals surface area (Å²) in [5.74, 6) is -0.833. The number of rotatable bonds is 5. The van der Waals surface area contributed by atoms with Gasteiger partial charge in [-0.15, -0.1) is 6.58 Å². The number of carboxylic acid groups (broad SMARTS) is 1. The summed E-state index contributed by atoms with van der Waals surface area (Å²) >= 11 is 0. The fourth-order valence-corrected chi connectivity index (χ4v) is 0.721. The maximum Gasteiger partial charge on any atom is 0.300 e. The van der Waals surface area contributed by atoms with Crippen LogP contribution >= 0.6 is 0 Å². The molecule has 0 fully saturated rings. The predicted molar refractivity (Wildman–Crippen MR) is 53.7 cm³/mol.